The van der Waals surface area contributed by atoms with E-state index in [2.05, 4.69) is 5.32 Å². The van der Waals surface area contributed by atoms with Crippen molar-refractivity contribution in [2.24, 2.45) is 0 Å². The number of piperazine rings is 1. The van der Waals surface area contributed by atoms with Gasteiger partial charge in [-0.05, 0) is 25.5 Å². The summed E-state index contributed by atoms with van der Waals surface area (Å²) in [5, 5.41) is 12.2. The number of halogens is 1. The first kappa shape index (κ1) is 19.0. The summed E-state index contributed by atoms with van der Waals surface area (Å²) in [6, 6.07) is 2.64. The van der Waals surface area contributed by atoms with Crippen molar-refractivity contribution in [3.8, 4) is 0 Å². The predicted molar refractivity (Wildman–Crippen MR) is 100 cm³/mol. The standard InChI is InChI=1S/C19H22FN3O4/c1-3-11(2)23-10-13(18(25)19(26)27)17(24)12-8-14(20)16(9-15(12)23)22-6-4-21-5-7-22/h8-11,21H,3-7H2,1-2H3,(H,26,27). The van der Waals surface area contributed by atoms with Crippen molar-refractivity contribution in [2.75, 3.05) is 31.1 Å². The first-order chi connectivity index (χ1) is 12.8. The van der Waals surface area contributed by atoms with Crippen LogP contribution in [0.2, 0.25) is 0 Å². The Bertz CT molecular complexity index is 964. The number of rotatable bonds is 5. The number of anilines is 1. The zero-order chi connectivity index (χ0) is 19.7. The minimum atomic E-state index is -1.71. The van der Waals surface area contributed by atoms with Gasteiger partial charge in [-0.1, -0.05) is 6.92 Å². The third-order valence-electron chi connectivity index (χ3n) is 5.06. The Labute approximate surface area is 155 Å². The Balaban J connectivity index is 2.29. The van der Waals surface area contributed by atoms with Gasteiger partial charge in [0.15, 0.2) is 0 Å². The smallest absolute Gasteiger partial charge is 0.377 e. The van der Waals surface area contributed by atoms with Crippen LogP contribution in [-0.2, 0) is 4.79 Å². The number of hydrogen-bond donors (Lipinski definition) is 2. The number of ketones is 1. The highest BCUT2D eigenvalue weighted by atomic mass is 19.1. The maximum atomic E-state index is 14.8. The summed E-state index contributed by atoms with van der Waals surface area (Å²) in [6.07, 6.45) is 1.98. The average Bonchev–Trinajstić information content (AvgIpc) is 2.67. The van der Waals surface area contributed by atoms with Gasteiger partial charge in [0.1, 0.15) is 5.82 Å². The second-order valence-corrected chi connectivity index (χ2v) is 6.73. The van der Waals surface area contributed by atoms with E-state index in [0.717, 1.165) is 19.2 Å². The van der Waals surface area contributed by atoms with Crippen LogP contribution in [0.1, 0.15) is 36.7 Å². The Morgan fingerprint density at radius 3 is 2.56 bits per heavy atom. The number of carboxylic acid groups (broad SMARTS) is 1. The highest BCUT2D eigenvalue weighted by Gasteiger charge is 2.24. The van der Waals surface area contributed by atoms with E-state index in [0.29, 0.717) is 30.7 Å². The van der Waals surface area contributed by atoms with Crippen LogP contribution in [0.3, 0.4) is 0 Å². The van der Waals surface area contributed by atoms with Crippen LogP contribution in [0.15, 0.2) is 23.1 Å². The summed E-state index contributed by atoms with van der Waals surface area (Å²) in [5.74, 6) is -3.55. The summed E-state index contributed by atoms with van der Waals surface area (Å²) in [4.78, 5) is 37.6. The molecule has 0 saturated carbocycles. The minimum Gasteiger partial charge on any atom is -0.475 e. The van der Waals surface area contributed by atoms with E-state index in [-0.39, 0.29) is 11.4 Å². The highest BCUT2D eigenvalue weighted by molar-refractivity contribution is 6.40. The Morgan fingerprint density at radius 1 is 1.30 bits per heavy atom. The molecule has 27 heavy (non-hydrogen) atoms. The van der Waals surface area contributed by atoms with Crippen molar-refractivity contribution >= 4 is 28.3 Å². The SMILES string of the molecule is CCC(C)n1cc(C(=O)C(=O)O)c(=O)c2cc(F)c(N3CCNCC3)cc21. The fraction of sp³-hybridized carbons (Fsp3) is 0.421. The molecule has 144 valence electrons. The van der Waals surface area contributed by atoms with Gasteiger partial charge in [-0.25, -0.2) is 9.18 Å². The maximum Gasteiger partial charge on any atom is 0.377 e. The van der Waals surface area contributed by atoms with Gasteiger partial charge in [0.2, 0.25) is 5.43 Å². The second kappa shape index (κ2) is 7.48. The van der Waals surface area contributed by atoms with Crippen molar-refractivity contribution in [1.82, 2.24) is 9.88 Å². The van der Waals surface area contributed by atoms with Gasteiger partial charge in [0.25, 0.3) is 5.78 Å². The zero-order valence-corrected chi connectivity index (χ0v) is 15.3. The average molecular weight is 375 g/mol. The lowest BCUT2D eigenvalue weighted by atomic mass is 10.1. The fourth-order valence-electron chi connectivity index (χ4n) is 3.35. The fourth-order valence-corrected chi connectivity index (χ4v) is 3.35. The lowest BCUT2D eigenvalue weighted by Gasteiger charge is -2.30. The maximum absolute atomic E-state index is 14.8. The Hall–Kier alpha value is -2.74. The van der Waals surface area contributed by atoms with E-state index in [4.69, 9.17) is 5.11 Å². The molecule has 2 N–H and O–H groups in total. The normalized spacial score (nSPS) is 15.7. The molecule has 1 fully saturated rings. The van der Waals surface area contributed by atoms with Crippen molar-refractivity contribution in [2.45, 2.75) is 26.3 Å². The van der Waals surface area contributed by atoms with Crippen molar-refractivity contribution in [3.05, 3.63) is 39.9 Å². The third kappa shape index (κ3) is 3.44. The van der Waals surface area contributed by atoms with Gasteiger partial charge in [-0.2, -0.15) is 0 Å². The van der Waals surface area contributed by atoms with Crippen LogP contribution in [0.25, 0.3) is 10.9 Å². The molecule has 7 nitrogen and oxygen atoms in total. The Morgan fingerprint density at radius 2 is 1.96 bits per heavy atom. The topological polar surface area (TPSA) is 91.6 Å². The van der Waals surface area contributed by atoms with Crippen LogP contribution in [0, 0.1) is 5.82 Å². The number of nitrogens with one attached hydrogen (secondary N) is 1. The summed E-state index contributed by atoms with van der Waals surface area (Å²) in [5.41, 5.74) is -0.323. The number of pyridine rings is 1. The summed E-state index contributed by atoms with van der Waals surface area (Å²) in [7, 11) is 0. The molecule has 1 atom stereocenters. The number of nitrogens with zero attached hydrogens (tertiary/aromatic N) is 2. The second-order valence-electron chi connectivity index (χ2n) is 6.73. The molecule has 8 heteroatoms. The van der Waals surface area contributed by atoms with Crippen LogP contribution < -0.4 is 15.6 Å². The number of benzene rings is 1. The molecule has 1 unspecified atom stereocenters. The van der Waals surface area contributed by atoms with E-state index >= 15 is 0 Å². The van der Waals surface area contributed by atoms with E-state index in [1.54, 1.807) is 10.6 Å². The molecule has 1 aromatic heterocycles. The first-order valence-corrected chi connectivity index (χ1v) is 8.96. The summed E-state index contributed by atoms with van der Waals surface area (Å²) >= 11 is 0. The van der Waals surface area contributed by atoms with E-state index in [9.17, 15) is 18.8 Å². The zero-order valence-electron chi connectivity index (χ0n) is 15.3. The predicted octanol–water partition coefficient (Wildman–Crippen LogP) is 1.79. The van der Waals surface area contributed by atoms with Gasteiger partial charge in [0.05, 0.1) is 16.8 Å². The lowest BCUT2D eigenvalue weighted by Crippen LogP contribution is -2.44. The number of fused-ring (bicyclic) bond motifs is 1. The third-order valence-corrected chi connectivity index (χ3v) is 5.06. The molecular formula is C19H22FN3O4. The Kier molecular flexibility index (Phi) is 5.27. The molecule has 3 rings (SSSR count). The molecule has 1 saturated heterocycles. The molecule has 1 aromatic carbocycles. The lowest BCUT2D eigenvalue weighted by molar-refractivity contribution is -0.131. The number of hydrogen-bond acceptors (Lipinski definition) is 5. The number of carboxylic acids is 1. The van der Waals surface area contributed by atoms with Crippen LogP contribution in [0.4, 0.5) is 10.1 Å². The number of carbonyl (C=O) groups is 2. The van der Waals surface area contributed by atoms with Crippen LogP contribution >= 0.6 is 0 Å². The molecule has 1 aliphatic rings. The highest BCUT2D eigenvalue weighted by Crippen LogP contribution is 2.28. The molecule has 1 aliphatic heterocycles. The molecule has 2 heterocycles. The van der Waals surface area contributed by atoms with Crippen LogP contribution in [-0.4, -0.2) is 47.6 Å². The first-order valence-electron chi connectivity index (χ1n) is 8.96. The molecule has 0 aliphatic carbocycles. The molecule has 2 aromatic rings. The summed E-state index contributed by atoms with van der Waals surface area (Å²) in [6.45, 7) is 6.60. The monoisotopic (exact) mass is 375 g/mol. The summed E-state index contributed by atoms with van der Waals surface area (Å²) < 4.78 is 16.5. The number of Topliss-reactive ketones (excluding diaryl/α,β-unsaturated/α-hetero) is 1. The molecule has 0 amide bonds. The van der Waals surface area contributed by atoms with Gasteiger partial charge < -0.3 is 19.9 Å². The van der Waals surface area contributed by atoms with Gasteiger partial charge in [-0.15, -0.1) is 0 Å². The molecule has 0 spiro atoms. The van der Waals surface area contributed by atoms with Crippen LogP contribution in [0.5, 0.6) is 0 Å². The van der Waals surface area contributed by atoms with Gasteiger partial charge in [-0.3, -0.25) is 9.59 Å². The number of carbonyl (C=O) groups excluding carboxylic acids is 1. The van der Waals surface area contributed by atoms with Crippen molar-refractivity contribution < 1.29 is 19.1 Å². The van der Waals surface area contributed by atoms with Crippen molar-refractivity contribution in [3.63, 3.8) is 0 Å². The van der Waals surface area contributed by atoms with Gasteiger partial charge in [0, 0.05) is 43.8 Å². The van der Waals surface area contributed by atoms with E-state index in [1.807, 2.05) is 18.7 Å². The van der Waals surface area contributed by atoms with Crippen molar-refractivity contribution in [1.29, 1.82) is 0 Å². The van der Waals surface area contributed by atoms with Gasteiger partial charge >= 0.3 is 5.97 Å². The number of aliphatic carboxylic acids is 1. The van der Waals surface area contributed by atoms with E-state index < -0.39 is 28.6 Å². The quantitative estimate of drug-likeness (QED) is 0.612. The largest absolute Gasteiger partial charge is 0.475 e. The number of aromatic nitrogens is 1. The molecule has 0 radical (unpaired) electrons. The minimum absolute atomic E-state index is 0.0128. The molecule has 0 bridgehead atoms. The van der Waals surface area contributed by atoms with E-state index in [1.165, 1.54) is 6.20 Å². The molecular weight excluding hydrogens is 353 g/mol.